The highest BCUT2D eigenvalue weighted by atomic mass is 16.5. The van der Waals surface area contributed by atoms with E-state index in [0.717, 1.165) is 30.0 Å². The lowest BCUT2D eigenvalue weighted by Gasteiger charge is -2.30. The third-order valence-corrected chi connectivity index (χ3v) is 3.97. The van der Waals surface area contributed by atoms with Gasteiger partial charge in [0.15, 0.2) is 0 Å². The summed E-state index contributed by atoms with van der Waals surface area (Å²) in [5.74, 6) is 2.86. The fourth-order valence-corrected chi connectivity index (χ4v) is 2.42. The maximum atomic E-state index is 5.56. The second kappa shape index (κ2) is 8.15. The maximum Gasteiger partial charge on any atom is 0.127 e. The molecule has 0 aliphatic rings. The Labute approximate surface area is 123 Å². The Hall–Kier alpha value is -1.22. The van der Waals surface area contributed by atoms with E-state index in [1.54, 1.807) is 14.2 Å². The van der Waals surface area contributed by atoms with Crippen molar-refractivity contribution in [3.63, 3.8) is 0 Å². The van der Waals surface area contributed by atoms with Crippen LogP contribution in [0.3, 0.4) is 0 Å². The van der Waals surface area contributed by atoms with Crippen LogP contribution in [0.4, 0.5) is 0 Å². The number of hydrogen-bond donors (Lipinski definition) is 1. The van der Waals surface area contributed by atoms with Gasteiger partial charge in [-0.3, -0.25) is 0 Å². The van der Waals surface area contributed by atoms with Crippen LogP contribution < -0.4 is 14.8 Å². The molecule has 0 amide bonds. The summed E-state index contributed by atoms with van der Waals surface area (Å²) < 4.78 is 11.1. The molecule has 1 rings (SSSR count). The molecule has 3 nitrogen and oxygen atoms in total. The van der Waals surface area contributed by atoms with E-state index in [2.05, 4.69) is 33.0 Å². The van der Waals surface area contributed by atoms with E-state index in [9.17, 15) is 0 Å². The van der Waals surface area contributed by atoms with E-state index >= 15 is 0 Å². The van der Waals surface area contributed by atoms with Gasteiger partial charge in [0, 0.05) is 6.04 Å². The molecule has 0 saturated heterocycles. The highest BCUT2D eigenvalue weighted by Gasteiger charge is 2.27. The first-order valence-corrected chi connectivity index (χ1v) is 7.51. The summed E-state index contributed by atoms with van der Waals surface area (Å²) in [5, 5.41) is 3.66. The SMILES string of the molecule is CCCNC(c1c(OC)cccc1OC)C(C)C(C)C. The molecule has 2 atom stereocenters. The second-order valence-corrected chi connectivity index (χ2v) is 5.61. The molecule has 0 fully saturated rings. The predicted octanol–water partition coefficient (Wildman–Crippen LogP) is 4.04. The molecular formula is C17H29NO2. The lowest BCUT2D eigenvalue weighted by Crippen LogP contribution is -2.31. The van der Waals surface area contributed by atoms with Crippen LogP contribution in [0.25, 0.3) is 0 Å². The molecule has 20 heavy (non-hydrogen) atoms. The molecule has 1 N–H and O–H groups in total. The van der Waals surface area contributed by atoms with Crippen LogP contribution in [0.1, 0.15) is 45.7 Å². The first kappa shape index (κ1) is 16.8. The van der Waals surface area contributed by atoms with Crippen molar-refractivity contribution in [3.05, 3.63) is 23.8 Å². The fraction of sp³-hybridized carbons (Fsp3) is 0.647. The van der Waals surface area contributed by atoms with E-state index in [4.69, 9.17) is 9.47 Å². The Bertz CT molecular complexity index is 382. The lowest BCUT2D eigenvalue weighted by atomic mass is 9.85. The van der Waals surface area contributed by atoms with Crippen molar-refractivity contribution in [1.82, 2.24) is 5.32 Å². The highest BCUT2D eigenvalue weighted by Crippen LogP contribution is 2.39. The van der Waals surface area contributed by atoms with E-state index in [1.807, 2.05) is 18.2 Å². The van der Waals surface area contributed by atoms with Crippen LogP contribution in [-0.2, 0) is 0 Å². The van der Waals surface area contributed by atoms with E-state index in [-0.39, 0.29) is 6.04 Å². The minimum absolute atomic E-state index is 0.237. The Balaban J connectivity index is 3.23. The van der Waals surface area contributed by atoms with Gasteiger partial charge in [0.25, 0.3) is 0 Å². The normalized spacial score (nSPS) is 14.2. The van der Waals surface area contributed by atoms with E-state index < -0.39 is 0 Å². The van der Waals surface area contributed by atoms with E-state index in [1.165, 1.54) is 0 Å². The molecule has 1 aromatic rings. The van der Waals surface area contributed by atoms with Crippen molar-refractivity contribution in [3.8, 4) is 11.5 Å². The quantitative estimate of drug-likeness (QED) is 0.779. The average Bonchev–Trinajstić information content (AvgIpc) is 2.46. The van der Waals surface area contributed by atoms with Crippen LogP contribution >= 0.6 is 0 Å². The monoisotopic (exact) mass is 279 g/mol. The van der Waals surface area contributed by atoms with Gasteiger partial charge in [0.05, 0.1) is 19.8 Å². The van der Waals surface area contributed by atoms with Crippen molar-refractivity contribution < 1.29 is 9.47 Å². The van der Waals surface area contributed by atoms with Crippen LogP contribution in [-0.4, -0.2) is 20.8 Å². The predicted molar refractivity (Wildman–Crippen MR) is 84.6 cm³/mol. The maximum absolute atomic E-state index is 5.56. The van der Waals surface area contributed by atoms with Crippen LogP contribution in [0, 0.1) is 11.8 Å². The van der Waals surface area contributed by atoms with Crippen LogP contribution in [0.15, 0.2) is 18.2 Å². The molecule has 0 saturated carbocycles. The Morgan fingerprint density at radius 2 is 1.60 bits per heavy atom. The average molecular weight is 279 g/mol. The molecule has 3 heteroatoms. The third kappa shape index (κ3) is 3.89. The summed E-state index contributed by atoms with van der Waals surface area (Å²) in [6.45, 7) is 9.97. The van der Waals surface area contributed by atoms with Gasteiger partial charge < -0.3 is 14.8 Å². The molecular weight excluding hydrogens is 250 g/mol. The Morgan fingerprint density at radius 1 is 1.05 bits per heavy atom. The van der Waals surface area contributed by atoms with Crippen molar-refractivity contribution in [2.24, 2.45) is 11.8 Å². The number of nitrogens with one attached hydrogen (secondary N) is 1. The Morgan fingerprint density at radius 3 is 2.00 bits per heavy atom. The van der Waals surface area contributed by atoms with Crippen molar-refractivity contribution >= 4 is 0 Å². The van der Waals surface area contributed by atoms with Gasteiger partial charge in [-0.25, -0.2) is 0 Å². The zero-order chi connectivity index (χ0) is 15.1. The van der Waals surface area contributed by atoms with Gasteiger partial charge in [-0.05, 0) is 36.9 Å². The number of hydrogen-bond acceptors (Lipinski definition) is 3. The molecule has 0 radical (unpaired) electrons. The zero-order valence-corrected chi connectivity index (χ0v) is 13.7. The smallest absolute Gasteiger partial charge is 0.127 e. The van der Waals surface area contributed by atoms with Gasteiger partial charge in [0.1, 0.15) is 11.5 Å². The minimum Gasteiger partial charge on any atom is -0.496 e. The van der Waals surface area contributed by atoms with Gasteiger partial charge in [-0.1, -0.05) is 33.8 Å². The van der Waals surface area contributed by atoms with Crippen molar-refractivity contribution in [2.45, 2.75) is 40.2 Å². The minimum atomic E-state index is 0.237. The third-order valence-electron chi connectivity index (χ3n) is 3.97. The van der Waals surface area contributed by atoms with Gasteiger partial charge in [-0.2, -0.15) is 0 Å². The number of rotatable bonds is 8. The molecule has 0 aromatic heterocycles. The number of methoxy groups -OCH3 is 2. The molecule has 0 aliphatic carbocycles. The van der Waals surface area contributed by atoms with Crippen molar-refractivity contribution in [2.75, 3.05) is 20.8 Å². The summed E-state index contributed by atoms with van der Waals surface area (Å²) in [6, 6.07) is 6.22. The number of benzene rings is 1. The lowest BCUT2D eigenvalue weighted by molar-refractivity contribution is 0.284. The van der Waals surface area contributed by atoms with Crippen molar-refractivity contribution in [1.29, 1.82) is 0 Å². The van der Waals surface area contributed by atoms with Gasteiger partial charge >= 0.3 is 0 Å². The summed E-state index contributed by atoms with van der Waals surface area (Å²) >= 11 is 0. The summed E-state index contributed by atoms with van der Waals surface area (Å²) in [7, 11) is 3.43. The molecule has 0 spiro atoms. The second-order valence-electron chi connectivity index (χ2n) is 5.61. The standard InChI is InChI=1S/C17H29NO2/c1-7-11-18-17(13(4)12(2)3)16-14(19-5)9-8-10-15(16)20-6/h8-10,12-13,17-18H,7,11H2,1-6H3. The molecule has 114 valence electrons. The molecule has 1 aromatic carbocycles. The van der Waals surface area contributed by atoms with Gasteiger partial charge in [0.2, 0.25) is 0 Å². The fourth-order valence-electron chi connectivity index (χ4n) is 2.42. The summed E-state index contributed by atoms with van der Waals surface area (Å²) in [5.41, 5.74) is 1.13. The zero-order valence-electron chi connectivity index (χ0n) is 13.7. The molecule has 0 aliphatic heterocycles. The van der Waals surface area contributed by atoms with Gasteiger partial charge in [-0.15, -0.1) is 0 Å². The first-order valence-electron chi connectivity index (χ1n) is 7.51. The highest BCUT2D eigenvalue weighted by molar-refractivity contribution is 5.47. The molecule has 2 unspecified atom stereocenters. The Kier molecular flexibility index (Phi) is 6.86. The summed E-state index contributed by atoms with van der Waals surface area (Å²) in [6.07, 6.45) is 1.11. The topological polar surface area (TPSA) is 30.5 Å². The number of ether oxygens (including phenoxy) is 2. The van der Waals surface area contributed by atoms with Crippen LogP contribution in [0.5, 0.6) is 11.5 Å². The molecule has 0 heterocycles. The van der Waals surface area contributed by atoms with Crippen LogP contribution in [0.2, 0.25) is 0 Å². The van der Waals surface area contributed by atoms with E-state index in [0.29, 0.717) is 11.8 Å². The summed E-state index contributed by atoms with van der Waals surface area (Å²) in [4.78, 5) is 0. The first-order chi connectivity index (χ1) is 9.56. The largest absolute Gasteiger partial charge is 0.496 e. The molecule has 0 bridgehead atoms.